The summed E-state index contributed by atoms with van der Waals surface area (Å²) < 4.78 is 11.2. The molecule has 1 aromatic carbocycles. The van der Waals surface area contributed by atoms with Crippen molar-refractivity contribution in [2.75, 3.05) is 20.3 Å². The monoisotopic (exact) mass is 340 g/mol. The normalized spacial score (nSPS) is 14.0. The molecule has 6 heteroatoms. The largest absolute Gasteiger partial charge is 0.490 e. The summed E-state index contributed by atoms with van der Waals surface area (Å²) in [7, 11) is 1.78. The molecule has 25 heavy (non-hydrogen) atoms. The number of nitrogens with zero attached hydrogens (tertiary/aromatic N) is 2. The van der Waals surface area contributed by atoms with Crippen molar-refractivity contribution < 1.29 is 9.47 Å². The molecule has 0 amide bonds. The van der Waals surface area contributed by atoms with Gasteiger partial charge in [0, 0.05) is 31.9 Å². The third kappa shape index (κ3) is 5.99. The number of guanidine groups is 1. The standard InChI is InChI=1S/C19H24N4O2/c1-20-19(23-16-8-9-16)22-14-15-7-10-18(21-13-15)25-12-11-24-17-5-3-2-4-6-17/h2-7,10,13,16H,8-9,11-12,14H2,1H3,(H2,20,22,23). The zero-order chi connectivity index (χ0) is 17.3. The van der Waals surface area contributed by atoms with Crippen LogP contribution in [0.2, 0.25) is 0 Å². The summed E-state index contributed by atoms with van der Waals surface area (Å²) in [4.78, 5) is 8.53. The number of para-hydroxylation sites is 1. The van der Waals surface area contributed by atoms with Crippen LogP contribution >= 0.6 is 0 Å². The zero-order valence-electron chi connectivity index (χ0n) is 14.4. The van der Waals surface area contributed by atoms with Gasteiger partial charge in [-0.1, -0.05) is 24.3 Å². The first-order valence-electron chi connectivity index (χ1n) is 8.56. The van der Waals surface area contributed by atoms with Crippen LogP contribution in [0.15, 0.2) is 53.7 Å². The molecular weight excluding hydrogens is 316 g/mol. The summed E-state index contributed by atoms with van der Waals surface area (Å²) >= 11 is 0. The predicted octanol–water partition coefficient (Wildman–Crippen LogP) is 2.37. The average molecular weight is 340 g/mol. The number of pyridine rings is 1. The van der Waals surface area contributed by atoms with E-state index in [4.69, 9.17) is 9.47 Å². The minimum Gasteiger partial charge on any atom is -0.490 e. The number of aliphatic imine (C=N–C) groups is 1. The fourth-order valence-electron chi connectivity index (χ4n) is 2.22. The van der Waals surface area contributed by atoms with Crippen LogP contribution in [0.25, 0.3) is 0 Å². The Morgan fingerprint density at radius 3 is 2.60 bits per heavy atom. The Morgan fingerprint density at radius 2 is 1.92 bits per heavy atom. The first-order chi connectivity index (χ1) is 12.3. The second-order valence-electron chi connectivity index (χ2n) is 5.86. The van der Waals surface area contributed by atoms with E-state index < -0.39 is 0 Å². The van der Waals surface area contributed by atoms with E-state index in [-0.39, 0.29) is 0 Å². The molecule has 2 N–H and O–H groups in total. The van der Waals surface area contributed by atoms with Crippen molar-refractivity contribution in [3.8, 4) is 11.6 Å². The SMILES string of the molecule is CN=C(NCc1ccc(OCCOc2ccccc2)nc1)NC1CC1. The number of hydrogen-bond acceptors (Lipinski definition) is 4. The van der Waals surface area contributed by atoms with Gasteiger partial charge < -0.3 is 20.1 Å². The summed E-state index contributed by atoms with van der Waals surface area (Å²) in [5, 5.41) is 6.64. The molecule has 0 radical (unpaired) electrons. The lowest BCUT2D eigenvalue weighted by molar-refractivity contribution is 0.212. The Bertz CT molecular complexity index is 670. The minimum atomic E-state index is 0.456. The molecule has 0 atom stereocenters. The Hall–Kier alpha value is -2.76. The van der Waals surface area contributed by atoms with E-state index in [0.29, 0.717) is 31.7 Å². The Labute approximate surface area is 148 Å². The highest BCUT2D eigenvalue weighted by Gasteiger charge is 2.21. The maximum Gasteiger partial charge on any atom is 0.213 e. The second-order valence-corrected chi connectivity index (χ2v) is 5.86. The molecule has 1 saturated carbocycles. The van der Waals surface area contributed by atoms with Crippen molar-refractivity contribution in [1.82, 2.24) is 15.6 Å². The van der Waals surface area contributed by atoms with E-state index >= 15 is 0 Å². The summed E-state index contributed by atoms with van der Waals surface area (Å²) in [5.74, 6) is 2.27. The van der Waals surface area contributed by atoms with Gasteiger partial charge in [0.15, 0.2) is 5.96 Å². The molecule has 0 saturated heterocycles. The fourth-order valence-corrected chi connectivity index (χ4v) is 2.22. The van der Waals surface area contributed by atoms with Gasteiger partial charge in [0.05, 0.1) is 0 Å². The molecule has 0 bridgehead atoms. The van der Waals surface area contributed by atoms with E-state index in [1.165, 1.54) is 12.8 Å². The third-order valence-corrected chi connectivity index (χ3v) is 3.74. The first kappa shape index (κ1) is 17.1. The van der Waals surface area contributed by atoms with E-state index in [1.54, 1.807) is 7.05 Å². The van der Waals surface area contributed by atoms with Gasteiger partial charge in [-0.25, -0.2) is 4.98 Å². The van der Waals surface area contributed by atoms with Gasteiger partial charge in [-0.3, -0.25) is 4.99 Å². The highest BCUT2D eigenvalue weighted by molar-refractivity contribution is 5.80. The van der Waals surface area contributed by atoms with Crippen LogP contribution in [0.3, 0.4) is 0 Å². The molecule has 6 nitrogen and oxygen atoms in total. The topological polar surface area (TPSA) is 67.8 Å². The molecular formula is C19H24N4O2. The van der Waals surface area contributed by atoms with E-state index in [9.17, 15) is 0 Å². The molecule has 1 aromatic heterocycles. The molecule has 2 aromatic rings. The minimum absolute atomic E-state index is 0.456. The van der Waals surface area contributed by atoms with Gasteiger partial charge in [0.25, 0.3) is 0 Å². The van der Waals surface area contributed by atoms with Crippen LogP contribution < -0.4 is 20.1 Å². The van der Waals surface area contributed by atoms with Crippen LogP contribution in [0.4, 0.5) is 0 Å². The number of nitrogens with one attached hydrogen (secondary N) is 2. The van der Waals surface area contributed by atoms with Gasteiger partial charge in [0.2, 0.25) is 5.88 Å². The van der Waals surface area contributed by atoms with Crippen molar-refractivity contribution in [3.63, 3.8) is 0 Å². The number of rotatable bonds is 8. The summed E-state index contributed by atoms with van der Waals surface area (Å²) in [5.41, 5.74) is 1.08. The van der Waals surface area contributed by atoms with Crippen LogP contribution in [0.5, 0.6) is 11.6 Å². The molecule has 0 spiro atoms. The van der Waals surface area contributed by atoms with Gasteiger partial charge in [-0.2, -0.15) is 0 Å². The molecule has 132 valence electrons. The van der Waals surface area contributed by atoms with Crippen LogP contribution in [-0.2, 0) is 6.54 Å². The first-order valence-corrected chi connectivity index (χ1v) is 8.56. The highest BCUT2D eigenvalue weighted by atomic mass is 16.5. The second kappa shape index (κ2) is 8.92. The summed E-state index contributed by atoms with van der Waals surface area (Å²) in [6.45, 7) is 1.62. The van der Waals surface area contributed by atoms with Crippen molar-refractivity contribution in [1.29, 1.82) is 0 Å². The predicted molar refractivity (Wildman–Crippen MR) is 98.0 cm³/mol. The lowest BCUT2D eigenvalue weighted by Gasteiger charge is -2.11. The molecule has 1 heterocycles. The fraction of sp³-hybridized carbons (Fsp3) is 0.368. The Kier molecular flexibility index (Phi) is 6.09. The molecule has 1 aliphatic carbocycles. The quantitative estimate of drug-likeness (QED) is 0.439. The van der Waals surface area contributed by atoms with Crippen molar-refractivity contribution in [2.24, 2.45) is 4.99 Å². The smallest absolute Gasteiger partial charge is 0.213 e. The summed E-state index contributed by atoms with van der Waals surface area (Å²) in [6.07, 6.45) is 4.26. The maximum absolute atomic E-state index is 5.60. The average Bonchev–Trinajstić information content (AvgIpc) is 3.48. The van der Waals surface area contributed by atoms with Crippen LogP contribution in [0.1, 0.15) is 18.4 Å². The lowest BCUT2D eigenvalue weighted by Crippen LogP contribution is -2.38. The zero-order valence-corrected chi connectivity index (χ0v) is 14.4. The molecule has 1 fully saturated rings. The van der Waals surface area contributed by atoms with Crippen molar-refractivity contribution in [2.45, 2.75) is 25.4 Å². The van der Waals surface area contributed by atoms with Gasteiger partial charge in [-0.15, -0.1) is 0 Å². The highest BCUT2D eigenvalue weighted by Crippen LogP contribution is 2.18. The van der Waals surface area contributed by atoms with E-state index in [0.717, 1.165) is 17.3 Å². The lowest BCUT2D eigenvalue weighted by atomic mass is 10.3. The summed E-state index contributed by atoms with van der Waals surface area (Å²) in [6, 6.07) is 14.1. The number of ether oxygens (including phenoxy) is 2. The molecule has 1 aliphatic rings. The molecule has 3 rings (SSSR count). The van der Waals surface area contributed by atoms with Gasteiger partial charge in [-0.05, 0) is 30.5 Å². The van der Waals surface area contributed by atoms with E-state index in [1.807, 2.05) is 48.7 Å². The number of hydrogen-bond donors (Lipinski definition) is 2. The number of benzene rings is 1. The number of aromatic nitrogens is 1. The van der Waals surface area contributed by atoms with Crippen molar-refractivity contribution >= 4 is 5.96 Å². The van der Waals surface area contributed by atoms with E-state index in [2.05, 4.69) is 20.6 Å². The Balaban J connectivity index is 1.36. The molecule has 0 unspecified atom stereocenters. The maximum atomic E-state index is 5.60. The Morgan fingerprint density at radius 1 is 1.12 bits per heavy atom. The van der Waals surface area contributed by atoms with Crippen molar-refractivity contribution in [3.05, 3.63) is 54.2 Å². The van der Waals surface area contributed by atoms with Crippen LogP contribution in [0, 0.1) is 0 Å². The van der Waals surface area contributed by atoms with Crippen LogP contribution in [-0.4, -0.2) is 37.2 Å². The van der Waals surface area contributed by atoms with Gasteiger partial charge in [0.1, 0.15) is 19.0 Å². The third-order valence-electron chi connectivity index (χ3n) is 3.74. The van der Waals surface area contributed by atoms with Gasteiger partial charge >= 0.3 is 0 Å². The molecule has 0 aliphatic heterocycles.